The van der Waals surface area contributed by atoms with E-state index in [0.717, 1.165) is 5.69 Å². The lowest BCUT2D eigenvalue weighted by molar-refractivity contribution is 0.660. The van der Waals surface area contributed by atoms with Gasteiger partial charge in [0.1, 0.15) is 0 Å². The summed E-state index contributed by atoms with van der Waals surface area (Å²) in [5, 5.41) is 0. The molecule has 0 saturated carbocycles. The van der Waals surface area contributed by atoms with Crippen LogP contribution in [0.4, 0.5) is 17.1 Å². The summed E-state index contributed by atoms with van der Waals surface area (Å²) in [6.45, 7) is 23.3. The normalized spacial score (nSPS) is 14.0. The number of anilines is 3. The van der Waals surface area contributed by atoms with E-state index >= 15 is 0 Å². The first-order valence-corrected chi connectivity index (χ1v) is 22.7. The van der Waals surface area contributed by atoms with Gasteiger partial charge in [-0.1, -0.05) is 175 Å². The summed E-state index contributed by atoms with van der Waals surface area (Å²) >= 11 is 1.93. The second kappa shape index (κ2) is 14.4. The van der Waals surface area contributed by atoms with Crippen molar-refractivity contribution in [2.75, 3.05) is 4.90 Å². The molecular weight excluding hydrogens is 754 g/mol. The third-order valence-corrected chi connectivity index (χ3v) is 15.2. The molecule has 0 N–H and O–H groups in total. The van der Waals surface area contributed by atoms with Gasteiger partial charge in [0.15, 0.2) is 0 Å². The number of benzene rings is 7. The Morgan fingerprint density at radius 2 is 0.820 bits per heavy atom. The van der Waals surface area contributed by atoms with E-state index in [0.29, 0.717) is 0 Å². The molecule has 7 aromatic carbocycles. The quantitative estimate of drug-likeness (QED) is 0.145. The van der Waals surface area contributed by atoms with Crippen molar-refractivity contribution < 1.29 is 0 Å². The fourth-order valence-electron chi connectivity index (χ4n) is 11.3. The third-order valence-electron chi connectivity index (χ3n) is 14.0. The molecule has 0 fully saturated rings. The number of aryl methyl sites for hydroxylation is 6. The van der Waals surface area contributed by atoms with Crippen LogP contribution < -0.4 is 20.6 Å². The summed E-state index contributed by atoms with van der Waals surface area (Å²) in [5.74, 6) is 0. The molecule has 8 aromatic rings. The van der Waals surface area contributed by atoms with E-state index in [1.54, 1.807) is 0 Å². The van der Waals surface area contributed by atoms with E-state index in [4.69, 9.17) is 0 Å². The van der Waals surface area contributed by atoms with Gasteiger partial charge in [-0.2, -0.15) is 0 Å². The fourth-order valence-corrected chi connectivity index (χ4v) is 12.4. The number of rotatable bonds is 7. The average molecular weight is 808 g/mol. The fraction of sp³-hybridized carbons (Fsp3) is 0.207. The van der Waals surface area contributed by atoms with Gasteiger partial charge in [0.25, 0.3) is 6.71 Å². The molecular formula is C58H54BNS. The highest BCUT2D eigenvalue weighted by atomic mass is 32.1. The lowest BCUT2D eigenvalue weighted by atomic mass is 9.37. The molecule has 1 heterocycles. The molecule has 1 nitrogen and oxygen atoms in total. The zero-order valence-electron chi connectivity index (χ0n) is 37.3. The molecule has 0 amide bonds. The molecule has 300 valence electrons. The minimum atomic E-state index is -0.0981. The predicted octanol–water partition coefficient (Wildman–Crippen LogP) is 13.9. The molecule has 0 aliphatic heterocycles. The van der Waals surface area contributed by atoms with Gasteiger partial charge in [0.05, 0.1) is 0 Å². The lowest BCUT2D eigenvalue weighted by Gasteiger charge is -2.30. The van der Waals surface area contributed by atoms with Crippen molar-refractivity contribution in [3.05, 3.63) is 201 Å². The highest BCUT2D eigenvalue weighted by molar-refractivity contribution is 7.29. The summed E-state index contributed by atoms with van der Waals surface area (Å²) in [7, 11) is 0. The number of nitrogens with zero attached hydrogens (tertiary/aromatic N) is 1. The summed E-state index contributed by atoms with van der Waals surface area (Å²) in [6.07, 6.45) is 0. The van der Waals surface area contributed by atoms with Gasteiger partial charge < -0.3 is 4.90 Å². The van der Waals surface area contributed by atoms with Crippen LogP contribution >= 0.6 is 11.3 Å². The highest BCUT2D eigenvalue weighted by Gasteiger charge is 2.38. The largest absolute Gasteiger partial charge is 0.310 e. The smallest absolute Gasteiger partial charge is 0.255 e. The molecule has 2 aliphatic rings. The van der Waals surface area contributed by atoms with Gasteiger partial charge in [0, 0.05) is 32.8 Å². The summed E-state index contributed by atoms with van der Waals surface area (Å²) in [5.41, 5.74) is 26.4. The van der Waals surface area contributed by atoms with Crippen LogP contribution in [0.5, 0.6) is 0 Å². The van der Waals surface area contributed by atoms with E-state index in [-0.39, 0.29) is 17.5 Å². The van der Waals surface area contributed by atoms with E-state index < -0.39 is 0 Å². The number of hydrogen-bond acceptors (Lipinski definition) is 2. The molecule has 0 saturated heterocycles. The molecule has 0 spiro atoms. The van der Waals surface area contributed by atoms with Crippen LogP contribution in [0.2, 0.25) is 0 Å². The van der Waals surface area contributed by atoms with E-state index in [1.165, 1.54) is 115 Å². The van der Waals surface area contributed by atoms with Crippen LogP contribution in [0.15, 0.2) is 146 Å². The first-order valence-electron chi connectivity index (χ1n) is 21.9. The molecule has 0 bridgehead atoms. The second-order valence-corrected chi connectivity index (χ2v) is 20.1. The summed E-state index contributed by atoms with van der Waals surface area (Å²) < 4.78 is 1.38. The van der Waals surface area contributed by atoms with Crippen molar-refractivity contribution in [1.29, 1.82) is 0 Å². The second-order valence-electron chi connectivity index (χ2n) is 18.9. The van der Waals surface area contributed by atoms with Crippen LogP contribution in [-0.2, 0) is 10.8 Å². The Labute approximate surface area is 367 Å². The van der Waals surface area contributed by atoms with Gasteiger partial charge in [-0.15, -0.1) is 11.3 Å². The highest BCUT2D eigenvalue weighted by Crippen LogP contribution is 2.53. The Balaban J connectivity index is 1.08. The first kappa shape index (κ1) is 39.3. The maximum Gasteiger partial charge on any atom is 0.255 e. The number of thiophene rings is 1. The maximum atomic E-state index is 2.48. The Bertz CT molecular complexity index is 2840. The third kappa shape index (κ3) is 6.27. The Morgan fingerprint density at radius 3 is 1.28 bits per heavy atom. The number of fused-ring (bicyclic) bond motifs is 6. The maximum absolute atomic E-state index is 2.48. The molecule has 61 heavy (non-hydrogen) atoms. The van der Waals surface area contributed by atoms with Gasteiger partial charge in [-0.05, 0) is 139 Å². The molecule has 10 rings (SSSR count). The standard InChI is InChI=1S/C58H54BNS/c1-35-29-37(3)55(38(4)30-35)59(56-39(5)31-36(2)32-40(56)6)54-28-27-53(61-54)41-19-21-42(22-20-41)60(43-23-25-47-45-15-11-13-17-49(45)57(7,8)51(47)33-43)44-24-26-48-46-16-12-14-18-50(46)58(9,10)52(48)34-44/h11-34H,1-10H3. The topological polar surface area (TPSA) is 3.24 Å². The van der Waals surface area contributed by atoms with Crippen LogP contribution in [0.3, 0.4) is 0 Å². The van der Waals surface area contributed by atoms with Crippen molar-refractivity contribution >= 4 is 50.8 Å². The van der Waals surface area contributed by atoms with Gasteiger partial charge in [-0.25, -0.2) is 0 Å². The van der Waals surface area contributed by atoms with Gasteiger partial charge >= 0.3 is 0 Å². The van der Waals surface area contributed by atoms with E-state index in [9.17, 15) is 0 Å². The Morgan fingerprint density at radius 1 is 0.410 bits per heavy atom. The molecule has 2 aliphatic carbocycles. The van der Waals surface area contributed by atoms with Crippen molar-refractivity contribution in [3.63, 3.8) is 0 Å². The molecule has 3 heteroatoms. The average Bonchev–Trinajstić information content (AvgIpc) is 3.87. The SMILES string of the molecule is Cc1cc(C)c(B(c2ccc(-c3ccc(N(c4ccc5c(c4)C(C)(C)c4ccccc4-5)c4ccc5c(c4)C(C)(C)c4ccccc4-5)cc3)s2)c2c(C)cc(C)cc2C)c(C)c1. The van der Waals surface area contributed by atoms with E-state index in [1.807, 2.05) is 11.3 Å². The zero-order valence-corrected chi connectivity index (χ0v) is 38.1. The van der Waals surface area contributed by atoms with Crippen molar-refractivity contribution in [2.45, 2.75) is 80.1 Å². The minimum Gasteiger partial charge on any atom is -0.310 e. The lowest BCUT2D eigenvalue weighted by Crippen LogP contribution is -2.54. The minimum absolute atomic E-state index is 0.0981. The molecule has 0 unspecified atom stereocenters. The zero-order chi connectivity index (χ0) is 42.5. The van der Waals surface area contributed by atoms with Crippen molar-refractivity contribution in [2.24, 2.45) is 0 Å². The van der Waals surface area contributed by atoms with Gasteiger partial charge in [0.2, 0.25) is 0 Å². The van der Waals surface area contributed by atoms with E-state index in [2.05, 4.69) is 220 Å². The first-order chi connectivity index (χ1) is 29.2. The molecule has 0 radical (unpaired) electrons. The van der Waals surface area contributed by atoms with Crippen molar-refractivity contribution in [3.8, 4) is 32.7 Å². The Hall–Kier alpha value is -5.90. The molecule has 1 aromatic heterocycles. The van der Waals surface area contributed by atoms with Gasteiger partial charge in [-0.3, -0.25) is 0 Å². The molecule has 0 atom stereocenters. The predicted molar refractivity (Wildman–Crippen MR) is 266 cm³/mol. The summed E-state index contributed by atoms with van der Waals surface area (Å²) in [6, 6.07) is 55.6. The summed E-state index contributed by atoms with van der Waals surface area (Å²) in [4.78, 5) is 3.77. The monoisotopic (exact) mass is 807 g/mol. The van der Waals surface area contributed by atoms with Crippen LogP contribution in [-0.4, -0.2) is 6.71 Å². The van der Waals surface area contributed by atoms with Crippen molar-refractivity contribution in [1.82, 2.24) is 0 Å². The van der Waals surface area contributed by atoms with Crippen LogP contribution in [0, 0.1) is 41.5 Å². The number of hydrogen-bond donors (Lipinski definition) is 0. The van der Waals surface area contributed by atoms with Crippen LogP contribution in [0.1, 0.15) is 83.3 Å². The Kier molecular flexibility index (Phi) is 9.24. The van der Waals surface area contributed by atoms with Crippen LogP contribution in [0.25, 0.3) is 32.7 Å².